The lowest BCUT2D eigenvalue weighted by molar-refractivity contribution is 0.0699. The fourth-order valence-electron chi connectivity index (χ4n) is 3.65. The molecule has 0 aliphatic carbocycles. The number of ether oxygens (including phenoxy) is 2. The van der Waals surface area contributed by atoms with Crippen LogP contribution in [0.4, 0.5) is 0 Å². The molecule has 4 rings (SSSR count). The quantitative estimate of drug-likeness (QED) is 0.388. The summed E-state index contributed by atoms with van der Waals surface area (Å²) in [5.74, 6) is 0.219. The lowest BCUT2D eigenvalue weighted by Gasteiger charge is -2.16. The Morgan fingerprint density at radius 1 is 1.00 bits per heavy atom. The number of para-hydroxylation sites is 1. The van der Waals surface area contributed by atoms with Gasteiger partial charge in [-0.15, -0.1) is 0 Å². The van der Waals surface area contributed by atoms with Crippen molar-refractivity contribution in [2.45, 2.75) is 19.8 Å². The number of benzene rings is 3. The summed E-state index contributed by atoms with van der Waals surface area (Å²) < 4.78 is 11.6. The molecule has 4 aromatic rings. The van der Waals surface area contributed by atoms with Gasteiger partial charge in [-0.2, -0.15) is 0 Å². The van der Waals surface area contributed by atoms with Gasteiger partial charge in [0.05, 0.1) is 30.5 Å². The first-order valence-electron chi connectivity index (χ1n) is 10.00. The lowest BCUT2D eigenvalue weighted by atomic mass is 9.98. The van der Waals surface area contributed by atoms with Gasteiger partial charge in [0.25, 0.3) is 0 Å². The predicted octanol–water partition coefficient (Wildman–Crippen LogP) is 5.94. The lowest BCUT2D eigenvalue weighted by Crippen LogP contribution is -2.03. The third kappa shape index (κ3) is 3.54. The van der Waals surface area contributed by atoms with Gasteiger partial charge in [-0.25, -0.2) is 9.78 Å². The number of carboxylic acids is 1. The molecule has 152 valence electrons. The van der Waals surface area contributed by atoms with Gasteiger partial charge in [-0.1, -0.05) is 55.8 Å². The second-order valence-electron chi connectivity index (χ2n) is 7.08. The van der Waals surface area contributed by atoms with E-state index in [0.717, 1.165) is 29.2 Å². The molecule has 0 saturated carbocycles. The number of pyridine rings is 1. The molecule has 0 aliphatic heterocycles. The summed E-state index contributed by atoms with van der Waals surface area (Å²) in [7, 11) is 1.56. The summed E-state index contributed by atoms with van der Waals surface area (Å²) in [6.07, 6.45) is 1.96. The van der Waals surface area contributed by atoms with Crippen molar-refractivity contribution in [3.8, 4) is 22.8 Å². The molecule has 1 heterocycles. The minimum atomic E-state index is -1.01. The van der Waals surface area contributed by atoms with Crippen LogP contribution >= 0.6 is 0 Å². The number of aromatic carboxylic acids is 1. The second kappa shape index (κ2) is 8.41. The molecule has 0 saturated heterocycles. The number of carboxylic acid groups (broad SMARTS) is 1. The molecule has 0 aliphatic rings. The topological polar surface area (TPSA) is 68.7 Å². The predicted molar refractivity (Wildman–Crippen MR) is 119 cm³/mol. The molecule has 0 atom stereocenters. The van der Waals surface area contributed by atoms with Crippen molar-refractivity contribution in [2.75, 3.05) is 13.7 Å². The summed E-state index contributed by atoms with van der Waals surface area (Å²) in [6, 6.07) is 18.8. The summed E-state index contributed by atoms with van der Waals surface area (Å²) in [5.41, 5.74) is 2.04. The Kier molecular flexibility index (Phi) is 5.53. The number of fused-ring (bicyclic) bond motifs is 2. The molecule has 30 heavy (non-hydrogen) atoms. The molecule has 0 radical (unpaired) electrons. The summed E-state index contributed by atoms with van der Waals surface area (Å²) in [6.45, 7) is 2.70. The minimum Gasteiger partial charge on any atom is -0.494 e. The monoisotopic (exact) mass is 401 g/mol. The van der Waals surface area contributed by atoms with Crippen LogP contribution in [0.3, 0.4) is 0 Å². The Balaban J connectivity index is 2.03. The van der Waals surface area contributed by atoms with Gasteiger partial charge < -0.3 is 14.6 Å². The van der Waals surface area contributed by atoms with E-state index in [1.54, 1.807) is 31.4 Å². The highest BCUT2D eigenvalue weighted by Gasteiger charge is 2.19. The molecule has 3 aromatic carbocycles. The summed E-state index contributed by atoms with van der Waals surface area (Å²) >= 11 is 0. The molecule has 0 fully saturated rings. The van der Waals surface area contributed by atoms with E-state index in [1.807, 2.05) is 36.4 Å². The van der Waals surface area contributed by atoms with Crippen LogP contribution in [-0.2, 0) is 0 Å². The van der Waals surface area contributed by atoms with E-state index in [-0.39, 0.29) is 5.56 Å². The van der Waals surface area contributed by atoms with Crippen LogP contribution < -0.4 is 9.47 Å². The first-order chi connectivity index (χ1) is 14.6. The number of rotatable bonds is 7. The Hall–Kier alpha value is -3.60. The molecule has 1 N–H and O–H groups in total. The molecule has 1 aromatic heterocycles. The highest BCUT2D eigenvalue weighted by atomic mass is 16.5. The first kappa shape index (κ1) is 19.7. The van der Waals surface area contributed by atoms with Crippen molar-refractivity contribution in [3.63, 3.8) is 0 Å². The van der Waals surface area contributed by atoms with Crippen molar-refractivity contribution < 1.29 is 19.4 Å². The fourth-order valence-corrected chi connectivity index (χ4v) is 3.65. The molecular weight excluding hydrogens is 378 g/mol. The zero-order chi connectivity index (χ0) is 21.1. The number of hydrogen-bond donors (Lipinski definition) is 1. The molecule has 0 bridgehead atoms. The Morgan fingerprint density at radius 2 is 1.80 bits per heavy atom. The fraction of sp³-hybridized carbons (Fsp3) is 0.200. The first-order valence-corrected chi connectivity index (χ1v) is 10.00. The van der Waals surface area contributed by atoms with Crippen molar-refractivity contribution >= 4 is 27.6 Å². The van der Waals surface area contributed by atoms with E-state index in [4.69, 9.17) is 14.5 Å². The average molecular weight is 401 g/mol. The maximum atomic E-state index is 12.1. The van der Waals surface area contributed by atoms with Crippen LogP contribution in [0.2, 0.25) is 0 Å². The average Bonchev–Trinajstić information content (AvgIpc) is 2.77. The Labute approximate surface area is 174 Å². The van der Waals surface area contributed by atoms with Crippen LogP contribution in [0, 0.1) is 0 Å². The van der Waals surface area contributed by atoms with Crippen molar-refractivity contribution in [1.82, 2.24) is 4.98 Å². The minimum absolute atomic E-state index is 0.182. The number of unbranched alkanes of at least 4 members (excludes halogenated alkanes) is 1. The van der Waals surface area contributed by atoms with E-state index < -0.39 is 5.97 Å². The van der Waals surface area contributed by atoms with Gasteiger partial charge in [-0.3, -0.25) is 0 Å². The highest BCUT2D eigenvalue weighted by Crippen LogP contribution is 2.39. The Morgan fingerprint density at radius 3 is 2.57 bits per heavy atom. The zero-order valence-electron chi connectivity index (χ0n) is 17.0. The summed E-state index contributed by atoms with van der Waals surface area (Å²) in [4.78, 5) is 16.9. The maximum absolute atomic E-state index is 12.1. The summed E-state index contributed by atoms with van der Waals surface area (Å²) in [5, 5.41) is 12.4. The number of nitrogens with zero attached hydrogens (tertiary/aromatic N) is 1. The van der Waals surface area contributed by atoms with Gasteiger partial charge in [0.1, 0.15) is 17.0 Å². The van der Waals surface area contributed by atoms with E-state index in [1.165, 1.54) is 0 Å². The van der Waals surface area contributed by atoms with Crippen LogP contribution in [0.5, 0.6) is 11.5 Å². The van der Waals surface area contributed by atoms with Crippen LogP contribution in [0.1, 0.15) is 30.1 Å². The van der Waals surface area contributed by atoms with Gasteiger partial charge in [0.15, 0.2) is 0 Å². The van der Waals surface area contributed by atoms with Gasteiger partial charge >= 0.3 is 5.97 Å². The molecule has 0 unspecified atom stereocenters. The van der Waals surface area contributed by atoms with Crippen LogP contribution in [0.25, 0.3) is 32.9 Å². The van der Waals surface area contributed by atoms with E-state index >= 15 is 0 Å². The van der Waals surface area contributed by atoms with Crippen LogP contribution in [-0.4, -0.2) is 29.8 Å². The number of methoxy groups -OCH3 is 1. The van der Waals surface area contributed by atoms with E-state index in [9.17, 15) is 9.90 Å². The SMILES string of the molecule is CCCCOc1ccc2ccccc2c1-c1cc(C(=O)O)c2cccc(OC)c2n1. The number of carbonyl (C=O) groups is 1. The van der Waals surface area contributed by atoms with Gasteiger partial charge in [-0.05, 0) is 35.4 Å². The standard InChI is InChI=1S/C25H23NO4/c1-3-4-14-30-21-13-12-16-8-5-6-9-17(16)23(21)20-15-19(25(27)28)18-10-7-11-22(29-2)24(18)26-20/h5-13,15H,3-4,14H2,1-2H3,(H,27,28). The third-order valence-electron chi connectivity index (χ3n) is 5.16. The Bertz CT molecular complexity index is 1230. The van der Waals surface area contributed by atoms with Crippen LogP contribution in [0.15, 0.2) is 60.7 Å². The molecule has 5 heteroatoms. The molecule has 0 spiro atoms. The zero-order valence-corrected chi connectivity index (χ0v) is 17.0. The van der Waals surface area contributed by atoms with Crippen molar-refractivity contribution in [2.24, 2.45) is 0 Å². The maximum Gasteiger partial charge on any atom is 0.336 e. The van der Waals surface area contributed by atoms with Gasteiger partial charge in [0, 0.05) is 5.39 Å². The third-order valence-corrected chi connectivity index (χ3v) is 5.16. The van der Waals surface area contributed by atoms with Crippen molar-refractivity contribution in [1.29, 1.82) is 0 Å². The second-order valence-corrected chi connectivity index (χ2v) is 7.08. The molecule has 0 amide bonds. The normalized spacial score (nSPS) is 11.0. The van der Waals surface area contributed by atoms with E-state index in [0.29, 0.717) is 34.7 Å². The van der Waals surface area contributed by atoms with Crippen molar-refractivity contribution in [3.05, 3.63) is 66.2 Å². The number of hydrogen-bond acceptors (Lipinski definition) is 4. The largest absolute Gasteiger partial charge is 0.494 e. The highest BCUT2D eigenvalue weighted by molar-refractivity contribution is 6.07. The smallest absolute Gasteiger partial charge is 0.336 e. The molecular formula is C25H23NO4. The van der Waals surface area contributed by atoms with Gasteiger partial charge in [0.2, 0.25) is 0 Å². The number of aromatic nitrogens is 1. The molecule has 5 nitrogen and oxygen atoms in total. The van der Waals surface area contributed by atoms with E-state index in [2.05, 4.69) is 6.92 Å².